The van der Waals surface area contributed by atoms with Crippen molar-refractivity contribution in [2.24, 2.45) is 0 Å². The number of para-hydroxylation sites is 1. The Morgan fingerprint density at radius 1 is 1.19 bits per heavy atom. The number of aromatic nitrogens is 1. The van der Waals surface area contributed by atoms with Crippen LogP contribution in [-0.4, -0.2) is 45.9 Å². The number of ether oxygens (including phenoxy) is 1. The van der Waals surface area contributed by atoms with Crippen LogP contribution in [0.3, 0.4) is 0 Å². The summed E-state index contributed by atoms with van der Waals surface area (Å²) in [5, 5.41) is 12.3. The fourth-order valence-electron chi connectivity index (χ4n) is 4.86. The Bertz CT molecular complexity index is 1250. The lowest BCUT2D eigenvalue weighted by molar-refractivity contribution is -0.140. The average Bonchev–Trinajstić information content (AvgIpc) is 3.51. The van der Waals surface area contributed by atoms with Crippen molar-refractivity contribution in [1.82, 2.24) is 9.88 Å². The zero-order valence-corrected chi connectivity index (χ0v) is 18.2. The van der Waals surface area contributed by atoms with Crippen LogP contribution in [0.4, 0.5) is 0 Å². The lowest BCUT2D eigenvalue weighted by Crippen LogP contribution is -2.36. The predicted molar refractivity (Wildman–Crippen MR) is 122 cm³/mol. The van der Waals surface area contributed by atoms with E-state index in [1.54, 1.807) is 4.90 Å². The normalized spacial score (nSPS) is 22.9. The number of aryl methyl sites for hydroxylation is 2. The molecule has 1 aromatic heterocycles. The van der Waals surface area contributed by atoms with Crippen LogP contribution in [0.15, 0.2) is 54.2 Å². The molecule has 5 rings (SSSR count). The SMILES string of the molecule is Cc1ccc(C)c(/C(O)=C2\C(=O)C(=O)N(CC3CCCO3)C2c2c[nH]c3ccccc23)c1. The maximum Gasteiger partial charge on any atom is 0.295 e. The summed E-state index contributed by atoms with van der Waals surface area (Å²) in [6, 6.07) is 12.8. The summed E-state index contributed by atoms with van der Waals surface area (Å²) in [5.74, 6) is -1.38. The van der Waals surface area contributed by atoms with Crippen LogP contribution in [0.5, 0.6) is 0 Å². The van der Waals surface area contributed by atoms with Crippen molar-refractivity contribution in [2.75, 3.05) is 13.2 Å². The minimum atomic E-state index is -0.685. The second kappa shape index (κ2) is 7.95. The van der Waals surface area contributed by atoms with E-state index in [9.17, 15) is 14.7 Å². The smallest absolute Gasteiger partial charge is 0.295 e. The van der Waals surface area contributed by atoms with Gasteiger partial charge in [0.1, 0.15) is 5.76 Å². The highest BCUT2D eigenvalue weighted by atomic mass is 16.5. The number of fused-ring (bicyclic) bond motifs is 1. The summed E-state index contributed by atoms with van der Waals surface area (Å²) in [7, 11) is 0. The summed E-state index contributed by atoms with van der Waals surface area (Å²) >= 11 is 0. The summed E-state index contributed by atoms with van der Waals surface area (Å²) in [6.07, 6.45) is 3.51. The number of hydrogen-bond donors (Lipinski definition) is 2. The Morgan fingerprint density at radius 3 is 2.78 bits per heavy atom. The van der Waals surface area contributed by atoms with Gasteiger partial charge in [0.05, 0.1) is 17.7 Å². The van der Waals surface area contributed by atoms with Gasteiger partial charge < -0.3 is 19.7 Å². The number of benzene rings is 2. The third-order valence-electron chi connectivity index (χ3n) is 6.53. The van der Waals surface area contributed by atoms with E-state index in [-0.39, 0.29) is 17.4 Å². The third kappa shape index (κ3) is 3.31. The van der Waals surface area contributed by atoms with Crippen molar-refractivity contribution in [3.63, 3.8) is 0 Å². The third-order valence-corrected chi connectivity index (χ3v) is 6.53. The number of aliphatic hydroxyl groups excluding tert-OH is 1. The Hall–Kier alpha value is -3.38. The summed E-state index contributed by atoms with van der Waals surface area (Å²) in [4.78, 5) is 31.3. The fourth-order valence-corrected chi connectivity index (χ4v) is 4.86. The molecule has 2 unspecified atom stereocenters. The zero-order valence-electron chi connectivity index (χ0n) is 18.2. The number of nitrogens with one attached hydrogen (secondary N) is 1. The fraction of sp³-hybridized carbons (Fsp3) is 0.308. The zero-order chi connectivity index (χ0) is 22.4. The lowest BCUT2D eigenvalue weighted by atomic mass is 9.93. The second-order valence-corrected chi connectivity index (χ2v) is 8.69. The van der Waals surface area contributed by atoms with Crippen LogP contribution < -0.4 is 0 Å². The van der Waals surface area contributed by atoms with Crippen molar-refractivity contribution in [3.8, 4) is 0 Å². The van der Waals surface area contributed by atoms with E-state index in [4.69, 9.17) is 4.74 Å². The molecule has 6 heteroatoms. The van der Waals surface area contributed by atoms with Crippen LogP contribution in [0, 0.1) is 13.8 Å². The van der Waals surface area contributed by atoms with Gasteiger partial charge in [-0.25, -0.2) is 0 Å². The van der Waals surface area contributed by atoms with Gasteiger partial charge >= 0.3 is 0 Å². The molecule has 0 radical (unpaired) electrons. The predicted octanol–water partition coefficient (Wildman–Crippen LogP) is 4.39. The van der Waals surface area contributed by atoms with Gasteiger partial charge in [-0.2, -0.15) is 0 Å². The molecule has 2 aliphatic rings. The number of amides is 1. The van der Waals surface area contributed by atoms with Gasteiger partial charge in [-0.05, 0) is 44.4 Å². The van der Waals surface area contributed by atoms with Gasteiger partial charge in [-0.15, -0.1) is 0 Å². The molecule has 6 nitrogen and oxygen atoms in total. The van der Waals surface area contributed by atoms with E-state index in [2.05, 4.69) is 4.98 Å². The second-order valence-electron chi connectivity index (χ2n) is 8.69. The van der Waals surface area contributed by atoms with Crippen molar-refractivity contribution in [2.45, 2.75) is 38.8 Å². The van der Waals surface area contributed by atoms with Crippen molar-refractivity contribution in [1.29, 1.82) is 0 Å². The van der Waals surface area contributed by atoms with Gasteiger partial charge in [0.2, 0.25) is 0 Å². The molecule has 2 atom stereocenters. The summed E-state index contributed by atoms with van der Waals surface area (Å²) in [6.45, 7) is 4.80. The molecule has 32 heavy (non-hydrogen) atoms. The Kier molecular flexibility index (Phi) is 5.10. The molecule has 0 spiro atoms. The largest absolute Gasteiger partial charge is 0.507 e. The van der Waals surface area contributed by atoms with E-state index in [0.29, 0.717) is 18.7 Å². The number of aliphatic hydroxyl groups is 1. The number of aromatic amines is 1. The minimum absolute atomic E-state index is 0.110. The number of Topliss-reactive ketones (excluding diaryl/α,β-unsaturated/α-hetero) is 1. The highest BCUT2D eigenvalue weighted by molar-refractivity contribution is 6.46. The molecule has 3 heterocycles. The molecular weight excluding hydrogens is 404 g/mol. The number of hydrogen-bond acceptors (Lipinski definition) is 4. The molecule has 2 aromatic carbocycles. The summed E-state index contributed by atoms with van der Waals surface area (Å²) in [5.41, 5.74) is 4.23. The van der Waals surface area contributed by atoms with Gasteiger partial charge in [-0.3, -0.25) is 9.59 Å². The summed E-state index contributed by atoms with van der Waals surface area (Å²) < 4.78 is 5.78. The Labute approximate surface area is 186 Å². The van der Waals surface area contributed by atoms with Crippen LogP contribution in [0.1, 0.15) is 41.1 Å². The molecule has 0 aliphatic carbocycles. The molecular formula is C26H26N2O4. The van der Waals surface area contributed by atoms with Crippen LogP contribution in [-0.2, 0) is 14.3 Å². The highest BCUT2D eigenvalue weighted by Crippen LogP contribution is 2.42. The molecule has 164 valence electrons. The Morgan fingerprint density at radius 2 is 2.00 bits per heavy atom. The monoisotopic (exact) mass is 430 g/mol. The van der Waals surface area contributed by atoms with Crippen LogP contribution in [0.25, 0.3) is 16.7 Å². The topological polar surface area (TPSA) is 82.6 Å². The van der Waals surface area contributed by atoms with Gasteiger partial charge in [0.25, 0.3) is 11.7 Å². The maximum atomic E-state index is 13.3. The highest BCUT2D eigenvalue weighted by Gasteiger charge is 2.47. The molecule has 2 N–H and O–H groups in total. The number of carbonyl (C=O) groups excluding carboxylic acids is 2. The first kappa shape index (κ1) is 20.5. The van der Waals surface area contributed by atoms with E-state index in [1.807, 2.05) is 62.5 Å². The van der Waals surface area contributed by atoms with E-state index in [1.165, 1.54) is 0 Å². The first-order chi connectivity index (χ1) is 15.5. The average molecular weight is 431 g/mol. The Balaban J connectivity index is 1.71. The first-order valence-corrected chi connectivity index (χ1v) is 11.0. The first-order valence-electron chi connectivity index (χ1n) is 11.0. The number of likely N-dealkylation sites (tertiary alicyclic amines) is 1. The molecule has 1 amide bonds. The van der Waals surface area contributed by atoms with E-state index >= 15 is 0 Å². The number of rotatable bonds is 4. The molecule has 2 saturated heterocycles. The van der Waals surface area contributed by atoms with E-state index < -0.39 is 17.7 Å². The van der Waals surface area contributed by atoms with Crippen LogP contribution >= 0.6 is 0 Å². The standard InChI is InChI=1S/C26H26N2O4/c1-15-9-10-16(2)19(12-15)24(29)22-23(20-13-27-21-8-4-3-7-18(20)21)28(26(31)25(22)30)14-17-6-5-11-32-17/h3-4,7-10,12-13,17,23,27,29H,5-6,11,14H2,1-2H3/b24-22+. The van der Waals surface area contributed by atoms with Crippen molar-refractivity contribution >= 4 is 28.4 Å². The molecule has 3 aromatic rings. The van der Waals surface area contributed by atoms with Gasteiger partial charge in [-0.1, -0.05) is 35.9 Å². The van der Waals surface area contributed by atoms with Gasteiger partial charge in [0.15, 0.2) is 0 Å². The number of carbonyl (C=O) groups is 2. The molecule has 0 saturated carbocycles. The van der Waals surface area contributed by atoms with Crippen molar-refractivity contribution in [3.05, 3.63) is 76.5 Å². The minimum Gasteiger partial charge on any atom is -0.507 e. The van der Waals surface area contributed by atoms with Crippen LogP contribution in [0.2, 0.25) is 0 Å². The lowest BCUT2D eigenvalue weighted by Gasteiger charge is -2.27. The quantitative estimate of drug-likeness (QED) is 0.365. The molecule has 2 aliphatic heterocycles. The maximum absolute atomic E-state index is 13.3. The van der Waals surface area contributed by atoms with Crippen molar-refractivity contribution < 1.29 is 19.4 Å². The van der Waals surface area contributed by atoms with E-state index in [0.717, 1.165) is 40.4 Å². The van der Waals surface area contributed by atoms with Gasteiger partial charge in [0, 0.05) is 41.4 Å². The molecule has 0 bridgehead atoms. The molecule has 2 fully saturated rings. The number of H-pyrrole nitrogens is 1. The number of ketones is 1. The number of nitrogens with zero attached hydrogens (tertiary/aromatic N) is 1.